The lowest BCUT2D eigenvalue weighted by atomic mass is 10.0. The zero-order valence-corrected chi connectivity index (χ0v) is 12.9. The summed E-state index contributed by atoms with van der Waals surface area (Å²) in [4.78, 5) is 15.7. The van der Waals surface area contributed by atoms with Crippen molar-refractivity contribution < 1.29 is 9.90 Å². The van der Waals surface area contributed by atoms with Crippen LogP contribution in [0.2, 0.25) is 0 Å². The van der Waals surface area contributed by atoms with Crippen LogP contribution in [0, 0.1) is 5.92 Å². The molecule has 0 spiro atoms. The number of piperidine rings is 1. The molecule has 4 nitrogen and oxygen atoms in total. The molecule has 4 heteroatoms. The van der Waals surface area contributed by atoms with Crippen molar-refractivity contribution in [1.82, 2.24) is 9.80 Å². The van der Waals surface area contributed by atoms with Gasteiger partial charge in [-0.3, -0.25) is 9.69 Å². The Bertz CT molecular complexity index is 271. The highest BCUT2D eigenvalue weighted by Crippen LogP contribution is 2.20. The number of carbonyl (C=O) groups is 1. The Morgan fingerprint density at radius 3 is 2.26 bits per heavy atom. The van der Waals surface area contributed by atoms with E-state index in [0.717, 1.165) is 19.0 Å². The molecule has 112 valence electrons. The van der Waals surface area contributed by atoms with Crippen LogP contribution in [0.1, 0.15) is 47.0 Å². The van der Waals surface area contributed by atoms with Crippen molar-refractivity contribution in [2.75, 3.05) is 26.2 Å². The standard InChI is InChI=1S/C15H30N2O2/c1-12(2)11-16-8-5-14(6-9-16)17(13(3)4)10-7-15(18)19/h12-14H,5-11H2,1-4H3,(H,18,19). The number of nitrogens with zero attached hydrogens (tertiary/aromatic N) is 2. The van der Waals surface area contributed by atoms with Gasteiger partial charge in [0.2, 0.25) is 0 Å². The van der Waals surface area contributed by atoms with Crippen LogP contribution in [-0.4, -0.2) is 59.1 Å². The van der Waals surface area contributed by atoms with Crippen molar-refractivity contribution in [3.8, 4) is 0 Å². The molecule has 0 radical (unpaired) electrons. The van der Waals surface area contributed by atoms with Gasteiger partial charge in [0.1, 0.15) is 0 Å². The van der Waals surface area contributed by atoms with E-state index >= 15 is 0 Å². The van der Waals surface area contributed by atoms with Crippen molar-refractivity contribution in [2.45, 2.75) is 59.0 Å². The zero-order chi connectivity index (χ0) is 14.4. The first kappa shape index (κ1) is 16.4. The summed E-state index contributed by atoms with van der Waals surface area (Å²) < 4.78 is 0. The van der Waals surface area contributed by atoms with Gasteiger partial charge in [-0.15, -0.1) is 0 Å². The van der Waals surface area contributed by atoms with Crippen molar-refractivity contribution in [2.24, 2.45) is 5.92 Å². The minimum Gasteiger partial charge on any atom is -0.481 e. The van der Waals surface area contributed by atoms with Crippen LogP contribution < -0.4 is 0 Å². The summed E-state index contributed by atoms with van der Waals surface area (Å²) in [5.74, 6) is 0.0349. The Balaban J connectivity index is 2.43. The maximum absolute atomic E-state index is 10.7. The van der Waals surface area contributed by atoms with Gasteiger partial charge >= 0.3 is 5.97 Å². The number of aliphatic carboxylic acids is 1. The summed E-state index contributed by atoms with van der Waals surface area (Å²) in [6.45, 7) is 13.0. The lowest BCUT2D eigenvalue weighted by Gasteiger charge is -2.40. The molecule has 0 atom stereocenters. The molecule has 1 N–H and O–H groups in total. The number of likely N-dealkylation sites (tertiary alicyclic amines) is 1. The fourth-order valence-corrected chi connectivity index (χ4v) is 3.04. The average Bonchev–Trinajstić information content (AvgIpc) is 2.29. The zero-order valence-electron chi connectivity index (χ0n) is 12.9. The molecule has 0 amide bonds. The molecule has 19 heavy (non-hydrogen) atoms. The number of hydrogen-bond donors (Lipinski definition) is 1. The van der Waals surface area contributed by atoms with Crippen LogP contribution >= 0.6 is 0 Å². The molecule has 0 aromatic rings. The van der Waals surface area contributed by atoms with Crippen LogP contribution in [0.15, 0.2) is 0 Å². The Hall–Kier alpha value is -0.610. The first-order chi connectivity index (χ1) is 8.90. The van der Waals surface area contributed by atoms with Gasteiger partial charge in [-0.25, -0.2) is 0 Å². The summed E-state index contributed by atoms with van der Waals surface area (Å²) in [7, 11) is 0. The second-order valence-corrected chi connectivity index (χ2v) is 6.40. The summed E-state index contributed by atoms with van der Waals surface area (Å²) >= 11 is 0. The van der Waals surface area contributed by atoms with Crippen LogP contribution in [-0.2, 0) is 4.79 Å². The van der Waals surface area contributed by atoms with E-state index in [1.807, 2.05) is 0 Å². The summed E-state index contributed by atoms with van der Waals surface area (Å²) in [5.41, 5.74) is 0. The molecular formula is C15H30N2O2. The SMILES string of the molecule is CC(C)CN1CCC(N(CCC(=O)O)C(C)C)CC1. The molecule has 1 aliphatic heterocycles. The van der Waals surface area contributed by atoms with Gasteiger partial charge < -0.3 is 10.0 Å². The summed E-state index contributed by atoms with van der Waals surface area (Å²) in [5, 5.41) is 8.85. The van der Waals surface area contributed by atoms with Gasteiger partial charge in [-0.2, -0.15) is 0 Å². The van der Waals surface area contributed by atoms with Crippen LogP contribution in [0.4, 0.5) is 0 Å². The van der Waals surface area contributed by atoms with Crippen molar-refractivity contribution in [3.63, 3.8) is 0 Å². The molecule has 0 unspecified atom stereocenters. The fraction of sp³-hybridized carbons (Fsp3) is 0.933. The van der Waals surface area contributed by atoms with Gasteiger partial charge in [0, 0.05) is 25.2 Å². The van der Waals surface area contributed by atoms with Gasteiger partial charge in [-0.1, -0.05) is 13.8 Å². The molecule has 0 bridgehead atoms. The normalized spacial score (nSPS) is 18.7. The van der Waals surface area contributed by atoms with E-state index in [2.05, 4.69) is 37.5 Å². The number of rotatable bonds is 7. The predicted molar refractivity (Wildman–Crippen MR) is 78.4 cm³/mol. The monoisotopic (exact) mass is 270 g/mol. The largest absolute Gasteiger partial charge is 0.481 e. The molecular weight excluding hydrogens is 240 g/mol. The highest BCUT2D eigenvalue weighted by atomic mass is 16.4. The van der Waals surface area contributed by atoms with E-state index in [4.69, 9.17) is 5.11 Å². The van der Waals surface area contributed by atoms with E-state index in [1.165, 1.54) is 19.4 Å². The van der Waals surface area contributed by atoms with Gasteiger partial charge in [0.05, 0.1) is 6.42 Å². The average molecular weight is 270 g/mol. The Morgan fingerprint density at radius 2 is 1.84 bits per heavy atom. The number of carboxylic acids is 1. The Kier molecular flexibility index (Phi) is 6.80. The van der Waals surface area contributed by atoms with Crippen LogP contribution in [0.5, 0.6) is 0 Å². The Morgan fingerprint density at radius 1 is 1.26 bits per heavy atom. The topological polar surface area (TPSA) is 43.8 Å². The molecule has 0 aromatic carbocycles. The highest BCUT2D eigenvalue weighted by Gasteiger charge is 2.26. The molecule has 0 aliphatic carbocycles. The second kappa shape index (κ2) is 7.85. The van der Waals surface area contributed by atoms with E-state index in [9.17, 15) is 4.79 Å². The minimum absolute atomic E-state index is 0.254. The molecule has 1 heterocycles. The number of carboxylic acid groups (broad SMARTS) is 1. The third-order valence-corrected chi connectivity index (χ3v) is 3.90. The van der Waals surface area contributed by atoms with Gasteiger partial charge in [0.25, 0.3) is 0 Å². The van der Waals surface area contributed by atoms with Crippen LogP contribution in [0.3, 0.4) is 0 Å². The maximum Gasteiger partial charge on any atom is 0.304 e. The molecule has 0 aromatic heterocycles. The van der Waals surface area contributed by atoms with Crippen molar-refractivity contribution in [1.29, 1.82) is 0 Å². The first-order valence-electron chi connectivity index (χ1n) is 7.60. The second-order valence-electron chi connectivity index (χ2n) is 6.40. The number of hydrogen-bond acceptors (Lipinski definition) is 3. The van der Waals surface area contributed by atoms with Crippen molar-refractivity contribution in [3.05, 3.63) is 0 Å². The molecule has 1 saturated heterocycles. The van der Waals surface area contributed by atoms with Gasteiger partial charge in [0.15, 0.2) is 0 Å². The van der Waals surface area contributed by atoms with E-state index in [1.54, 1.807) is 0 Å². The smallest absolute Gasteiger partial charge is 0.304 e. The Labute approximate surface area is 117 Å². The molecule has 0 saturated carbocycles. The summed E-state index contributed by atoms with van der Waals surface area (Å²) in [6.07, 6.45) is 2.60. The molecule has 1 fully saturated rings. The van der Waals surface area contributed by atoms with Crippen LogP contribution in [0.25, 0.3) is 0 Å². The maximum atomic E-state index is 10.7. The van der Waals surface area contributed by atoms with E-state index in [0.29, 0.717) is 18.6 Å². The molecule has 1 aliphatic rings. The minimum atomic E-state index is -0.692. The molecule has 1 rings (SSSR count). The first-order valence-corrected chi connectivity index (χ1v) is 7.60. The third-order valence-electron chi connectivity index (χ3n) is 3.90. The van der Waals surface area contributed by atoms with E-state index in [-0.39, 0.29) is 6.42 Å². The van der Waals surface area contributed by atoms with E-state index < -0.39 is 5.97 Å². The lowest BCUT2D eigenvalue weighted by Crippen LogP contribution is -2.48. The summed E-state index contributed by atoms with van der Waals surface area (Å²) in [6, 6.07) is 0.990. The third kappa shape index (κ3) is 5.91. The lowest BCUT2D eigenvalue weighted by molar-refractivity contribution is -0.137. The fourth-order valence-electron chi connectivity index (χ4n) is 3.04. The quantitative estimate of drug-likeness (QED) is 0.771. The predicted octanol–water partition coefficient (Wildman–Crippen LogP) is 2.29. The van der Waals surface area contributed by atoms with Gasteiger partial charge in [-0.05, 0) is 45.7 Å². The van der Waals surface area contributed by atoms with Crippen molar-refractivity contribution >= 4 is 5.97 Å². The highest BCUT2D eigenvalue weighted by molar-refractivity contribution is 5.66.